The second-order valence-electron chi connectivity index (χ2n) is 6.30. The number of hydrogen-bond donors (Lipinski definition) is 3. The van der Waals surface area contributed by atoms with Gasteiger partial charge in [0.25, 0.3) is 5.91 Å². The first kappa shape index (κ1) is 17.3. The van der Waals surface area contributed by atoms with Gasteiger partial charge in [-0.05, 0) is 36.4 Å². The van der Waals surface area contributed by atoms with Gasteiger partial charge in [0.05, 0.1) is 27.8 Å². The van der Waals surface area contributed by atoms with Gasteiger partial charge >= 0.3 is 0 Å². The highest BCUT2D eigenvalue weighted by Crippen LogP contribution is 2.28. The van der Waals surface area contributed by atoms with Gasteiger partial charge in [0.15, 0.2) is 5.13 Å². The van der Waals surface area contributed by atoms with Gasteiger partial charge < -0.3 is 15.6 Å². The number of imidazole rings is 1. The number of hydrogen-bond acceptors (Lipinski definition) is 7. The monoisotopic (exact) mass is 401 g/mol. The average molecular weight is 401 g/mol. The number of aromatic nitrogens is 5. The predicted octanol–water partition coefficient (Wildman–Crippen LogP) is 3.64. The van der Waals surface area contributed by atoms with Crippen LogP contribution < -0.4 is 10.6 Å². The number of rotatable bonds is 5. The van der Waals surface area contributed by atoms with Gasteiger partial charge in [-0.15, -0.1) is 0 Å². The van der Waals surface area contributed by atoms with Crippen LogP contribution in [0.25, 0.3) is 21.3 Å². The van der Waals surface area contributed by atoms with Gasteiger partial charge in [-0.2, -0.15) is 0 Å². The zero-order chi connectivity index (χ0) is 19.6. The van der Waals surface area contributed by atoms with Gasteiger partial charge in [-0.25, -0.2) is 19.9 Å². The number of amides is 1. The third kappa shape index (κ3) is 3.63. The van der Waals surface area contributed by atoms with Crippen molar-refractivity contribution in [2.75, 3.05) is 5.32 Å². The van der Waals surface area contributed by atoms with Crippen LogP contribution in [-0.4, -0.2) is 30.8 Å². The number of nitrogens with one attached hydrogen (secondary N) is 3. The van der Waals surface area contributed by atoms with Crippen molar-refractivity contribution in [3.63, 3.8) is 0 Å². The number of H-pyrrole nitrogens is 1. The molecule has 3 N–H and O–H groups in total. The minimum absolute atomic E-state index is 0.161. The molecule has 0 radical (unpaired) electrons. The molecule has 0 bridgehead atoms. The molecule has 142 valence electrons. The van der Waals surface area contributed by atoms with Gasteiger partial charge in [0.2, 0.25) is 0 Å². The van der Waals surface area contributed by atoms with Crippen LogP contribution in [0.5, 0.6) is 0 Å². The predicted molar refractivity (Wildman–Crippen MR) is 112 cm³/mol. The van der Waals surface area contributed by atoms with E-state index in [0.29, 0.717) is 23.1 Å². The fraction of sp³-hybridized carbons (Fsp3) is 0.0500. The molecule has 0 spiro atoms. The normalized spacial score (nSPS) is 11.0. The summed E-state index contributed by atoms with van der Waals surface area (Å²) in [6.07, 6.45) is 3.13. The number of anilines is 2. The number of para-hydroxylation sites is 2. The Morgan fingerprint density at radius 3 is 2.86 bits per heavy atom. The third-order valence-electron chi connectivity index (χ3n) is 4.32. The smallest absolute Gasteiger partial charge is 0.251 e. The highest BCUT2D eigenvalue weighted by Gasteiger charge is 2.11. The lowest BCUT2D eigenvalue weighted by Crippen LogP contribution is -2.23. The van der Waals surface area contributed by atoms with Gasteiger partial charge in [-0.3, -0.25) is 4.79 Å². The fourth-order valence-corrected chi connectivity index (χ4v) is 3.86. The van der Waals surface area contributed by atoms with E-state index in [2.05, 4.69) is 35.6 Å². The Balaban J connectivity index is 1.30. The van der Waals surface area contributed by atoms with E-state index in [0.717, 1.165) is 27.1 Å². The molecule has 1 amide bonds. The molecular formula is C20H15N7OS. The molecule has 0 fully saturated rings. The number of benzene rings is 2. The molecule has 8 nitrogen and oxygen atoms in total. The van der Waals surface area contributed by atoms with Crippen LogP contribution in [-0.2, 0) is 6.54 Å². The lowest BCUT2D eigenvalue weighted by atomic mass is 10.2. The Bertz CT molecular complexity index is 1280. The van der Waals surface area contributed by atoms with Crippen molar-refractivity contribution in [1.82, 2.24) is 30.2 Å². The maximum atomic E-state index is 12.6. The molecule has 5 rings (SSSR count). The molecule has 5 aromatic rings. The van der Waals surface area contributed by atoms with Crippen molar-refractivity contribution < 1.29 is 4.79 Å². The van der Waals surface area contributed by atoms with E-state index in [1.54, 1.807) is 18.3 Å². The summed E-state index contributed by atoms with van der Waals surface area (Å²) in [4.78, 5) is 32.8. The zero-order valence-electron chi connectivity index (χ0n) is 15.1. The second kappa shape index (κ2) is 7.28. The Morgan fingerprint density at radius 1 is 1.07 bits per heavy atom. The van der Waals surface area contributed by atoms with E-state index in [4.69, 9.17) is 0 Å². The number of nitrogens with zero attached hydrogens (tertiary/aromatic N) is 4. The quantitative estimate of drug-likeness (QED) is 0.415. The van der Waals surface area contributed by atoms with Gasteiger partial charge in [-0.1, -0.05) is 23.5 Å². The Hall–Kier alpha value is -3.85. The summed E-state index contributed by atoms with van der Waals surface area (Å²) in [5.74, 6) is 1.23. The van der Waals surface area contributed by atoms with Crippen molar-refractivity contribution in [3.8, 4) is 0 Å². The Labute approximate surface area is 169 Å². The lowest BCUT2D eigenvalue weighted by Gasteiger charge is -2.03. The third-order valence-corrected chi connectivity index (χ3v) is 5.26. The first-order valence-corrected chi connectivity index (χ1v) is 9.72. The van der Waals surface area contributed by atoms with Gasteiger partial charge in [0, 0.05) is 11.8 Å². The first-order valence-electron chi connectivity index (χ1n) is 8.90. The zero-order valence-corrected chi connectivity index (χ0v) is 15.9. The molecule has 0 saturated heterocycles. The standard InChI is InChI=1S/C20H15N7OS/c28-19(22-10-18-24-13-3-1-2-4-14(13)25-18)12-5-6-15-16(9-12)29-20(26-15)27-17-7-8-21-11-23-17/h1-9,11H,10H2,(H,22,28)(H,24,25)(H,21,23,26,27). The molecular weight excluding hydrogens is 386 g/mol. The molecule has 0 saturated carbocycles. The molecule has 0 aliphatic rings. The molecule has 9 heteroatoms. The van der Waals surface area contributed by atoms with Crippen LogP contribution in [0.1, 0.15) is 16.2 Å². The highest BCUT2D eigenvalue weighted by molar-refractivity contribution is 7.22. The van der Waals surface area contributed by atoms with E-state index >= 15 is 0 Å². The Kier molecular flexibility index (Phi) is 4.34. The highest BCUT2D eigenvalue weighted by atomic mass is 32.1. The minimum Gasteiger partial charge on any atom is -0.345 e. The largest absolute Gasteiger partial charge is 0.345 e. The van der Waals surface area contributed by atoms with Crippen LogP contribution in [0.3, 0.4) is 0 Å². The summed E-state index contributed by atoms with van der Waals surface area (Å²) < 4.78 is 0.915. The van der Waals surface area contributed by atoms with Crippen LogP contribution in [0.15, 0.2) is 61.1 Å². The van der Waals surface area contributed by atoms with E-state index in [1.165, 1.54) is 17.7 Å². The van der Waals surface area contributed by atoms with E-state index in [9.17, 15) is 4.79 Å². The molecule has 0 atom stereocenters. The molecule has 0 aliphatic carbocycles. The fourth-order valence-electron chi connectivity index (χ4n) is 2.95. The van der Waals surface area contributed by atoms with Crippen molar-refractivity contribution in [3.05, 3.63) is 72.4 Å². The molecule has 0 aliphatic heterocycles. The maximum absolute atomic E-state index is 12.6. The molecule has 3 heterocycles. The van der Waals surface area contributed by atoms with Crippen molar-refractivity contribution in [2.24, 2.45) is 0 Å². The summed E-state index contributed by atoms with van der Waals surface area (Å²) in [6.45, 7) is 0.328. The van der Waals surface area contributed by atoms with E-state index < -0.39 is 0 Å². The first-order chi connectivity index (χ1) is 14.2. The lowest BCUT2D eigenvalue weighted by molar-refractivity contribution is 0.0950. The second-order valence-corrected chi connectivity index (χ2v) is 7.34. The van der Waals surface area contributed by atoms with Crippen LogP contribution in [0.4, 0.5) is 10.9 Å². The maximum Gasteiger partial charge on any atom is 0.251 e. The topological polar surface area (TPSA) is 108 Å². The summed E-state index contributed by atoms with van der Waals surface area (Å²) in [6, 6.07) is 15.0. The van der Waals surface area contributed by atoms with E-state index in [1.807, 2.05) is 36.4 Å². The number of fused-ring (bicyclic) bond motifs is 2. The number of thiazole rings is 1. The summed E-state index contributed by atoms with van der Waals surface area (Å²) in [7, 11) is 0. The van der Waals surface area contributed by atoms with Crippen molar-refractivity contribution >= 4 is 49.4 Å². The number of carbonyl (C=O) groups excluding carboxylic acids is 1. The van der Waals surface area contributed by atoms with E-state index in [-0.39, 0.29) is 5.91 Å². The van der Waals surface area contributed by atoms with Crippen molar-refractivity contribution in [2.45, 2.75) is 6.54 Å². The number of carbonyl (C=O) groups is 1. The van der Waals surface area contributed by atoms with Crippen LogP contribution in [0, 0.1) is 0 Å². The minimum atomic E-state index is -0.161. The molecule has 2 aromatic carbocycles. The molecule has 0 unspecified atom stereocenters. The van der Waals surface area contributed by atoms with Crippen LogP contribution in [0.2, 0.25) is 0 Å². The Morgan fingerprint density at radius 2 is 2.00 bits per heavy atom. The van der Waals surface area contributed by atoms with Gasteiger partial charge in [0.1, 0.15) is 18.0 Å². The van der Waals surface area contributed by atoms with Crippen LogP contribution >= 0.6 is 11.3 Å². The SMILES string of the molecule is O=C(NCc1nc2ccccc2[nH]1)c1ccc2nc(Nc3ccncn3)sc2c1. The van der Waals surface area contributed by atoms with Crippen molar-refractivity contribution in [1.29, 1.82) is 0 Å². The number of aromatic amines is 1. The summed E-state index contributed by atoms with van der Waals surface area (Å²) in [5, 5.41) is 6.76. The molecule has 29 heavy (non-hydrogen) atoms. The average Bonchev–Trinajstić information content (AvgIpc) is 3.35. The molecule has 3 aromatic heterocycles. The summed E-state index contributed by atoms with van der Waals surface area (Å²) >= 11 is 1.46. The summed E-state index contributed by atoms with van der Waals surface area (Å²) in [5.41, 5.74) is 3.23.